The zero-order valence-corrected chi connectivity index (χ0v) is 10.2. The summed E-state index contributed by atoms with van der Waals surface area (Å²) in [7, 11) is 0. The van der Waals surface area contributed by atoms with E-state index in [1.54, 1.807) is 0 Å². The van der Waals surface area contributed by atoms with Crippen LogP contribution in [0.4, 0.5) is 0 Å². The minimum Gasteiger partial charge on any atom is -0.396 e. The van der Waals surface area contributed by atoms with Crippen LogP contribution in [0.1, 0.15) is 13.8 Å². The molecule has 0 aromatic carbocycles. The molecule has 2 unspecified atom stereocenters. The standard InChI is InChI=1S/C11H23N3O2/c1-3-13-11(16)10-6-12-4-5-14(10)7-9(2)8-15/h9-10,12,15H,3-8H2,1-2H3,(H,13,16). The molecule has 3 N–H and O–H groups in total. The third kappa shape index (κ3) is 3.73. The maximum Gasteiger partial charge on any atom is 0.238 e. The maximum absolute atomic E-state index is 11.8. The van der Waals surface area contributed by atoms with Crippen LogP contribution in [0.15, 0.2) is 0 Å². The molecule has 1 aliphatic rings. The van der Waals surface area contributed by atoms with Crippen molar-refractivity contribution >= 4 is 5.91 Å². The van der Waals surface area contributed by atoms with E-state index < -0.39 is 0 Å². The van der Waals surface area contributed by atoms with E-state index >= 15 is 0 Å². The molecule has 0 spiro atoms. The highest BCUT2D eigenvalue weighted by Gasteiger charge is 2.28. The van der Waals surface area contributed by atoms with Gasteiger partial charge in [0.15, 0.2) is 0 Å². The van der Waals surface area contributed by atoms with Gasteiger partial charge >= 0.3 is 0 Å². The van der Waals surface area contributed by atoms with Crippen LogP contribution in [0.25, 0.3) is 0 Å². The van der Waals surface area contributed by atoms with Gasteiger partial charge in [0, 0.05) is 39.3 Å². The molecule has 5 nitrogen and oxygen atoms in total. The number of hydrogen-bond acceptors (Lipinski definition) is 4. The Balaban J connectivity index is 2.52. The van der Waals surface area contributed by atoms with Crippen LogP contribution >= 0.6 is 0 Å². The summed E-state index contributed by atoms with van der Waals surface area (Å²) < 4.78 is 0. The fourth-order valence-electron chi connectivity index (χ4n) is 1.97. The third-order valence-corrected chi connectivity index (χ3v) is 2.87. The zero-order valence-electron chi connectivity index (χ0n) is 10.2. The molecule has 0 radical (unpaired) electrons. The normalized spacial score (nSPS) is 24.1. The van der Waals surface area contributed by atoms with Crippen LogP contribution in [-0.4, -0.2) is 61.3 Å². The number of aliphatic hydroxyl groups excluding tert-OH is 1. The van der Waals surface area contributed by atoms with Crippen molar-refractivity contribution in [2.75, 3.05) is 39.3 Å². The molecule has 1 amide bonds. The molecular weight excluding hydrogens is 206 g/mol. The number of aliphatic hydroxyl groups is 1. The van der Waals surface area contributed by atoms with Gasteiger partial charge in [0.2, 0.25) is 5.91 Å². The molecule has 0 bridgehead atoms. The summed E-state index contributed by atoms with van der Waals surface area (Å²) in [6.07, 6.45) is 0. The highest BCUT2D eigenvalue weighted by molar-refractivity contribution is 5.82. The van der Waals surface area contributed by atoms with Crippen molar-refractivity contribution in [2.45, 2.75) is 19.9 Å². The molecule has 16 heavy (non-hydrogen) atoms. The predicted octanol–water partition coefficient (Wildman–Crippen LogP) is -0.975. The van der Waals surface area contributed by atoms with Gasteiger partial charge in [0.25, 0.3) is 0 Å². The van der Waals surface area contributed by atoms with Crippen LogP contribution in [-0.2, 0) is 4.79 Å². The average molecular weight is 229 g/mol. The van der Waals surface area contributed by atoms with E-state index in [1.807, 2.05) is 13.8 Å². The van der Waals surface area contributed by atoms with E-state index in [0.29, 0.717) is 13.1 Å². The predicted molar refractivity (Wildman–Crippen MR) is 63.2 cm³/mol. The number of rotatable bonds is 5. The smallest absolute Gasteiger partial charge is 0.238 e. The van der Waals surface area contributed by atoms with Crippen LogP contribution in [0.3, 0.4) is 0 Å². The summed E-state index contributed by atoms with van der Waals surface area (Å²) in [5, 5.41) is 15.1. The largest absolute Gasteiger partial charge is 0.396 e. The third-order valence-electron chi connectivity index (χ3n) is 2.87. The first-order chi connectivity index (χ1) is 7.69. The van der Waals surface area contributed by atoms with Crippen molar-refractivity contribution in [1.82, 2.24) is 15.5 Å². The fraction of sp³-hybridized carbons (Fsp3) is 0.909. The number of amides is 1. The molecule has 1 saturated heterocycles. The highest BCUT2D eigenvalue weighted by atomic mass is 16.3. The lowest BCUT2D eigenvalue weighted by Gasteiger charge is -2.36. The van der Waals surface area contributed by atoms with E-state index in [2.05, 4.69) is 15.5 Å². The number of piperazine rings is 1. The van der Waals surface area contributed by atoms with Gasteiger partial charge in [-0.2, -0.15) is 0 Å². The summed E-state index contributed by atoms with van der Waals surface area (Å²) in [6.45, 7) is 8.01. The zero-order chi connectivity index (χ0) is 12.0. The minimum atomic E-state index is -0.0947. The lowest BCUT2D eigenvalue weighted by atomic mass is 10.1. The molecule has 1 heterocycles. The van der Waals surface area contributed by atoms with Gasteiger partial charge in [-0.05, 0) is 12.8 Å². The second-order valence-corrected chi connectivity index (χ2v) is 4.40. The lowest BCUT2D eigenvalue weighted by Crippen LogP contribution is -2.58. The molecule has 0 aromatic rings. The summed E-state index contributed by atoms with van der Waals surface area (Å²) in [4.78, 5) is 14.0. The van der Waals surface area contributed by atoms with Crippen molar-refractivity contribution in [3.05, 3.63) is 0 Å². The SMILES string of the molecule is CCNC(=O)C1CNCCN1CC(C)CO. The molecule has 0 aromatic heterocycles. The molecule has 0 saturated carbocycles. The lowest BCUT2D eigenvalue weighted by molar-refractivity contribution is -0.127. The number of likely N-dealkylation sites (N-methyl/N-ethyl adjacent to an activating group) is 1. The Morgan fingerprint density at radius 3 is 3.06 bits per heavy atom. The molecule has 0 aliphatic carbocycles. The Kier molecular flexibility index (Phi) is 5.73. The number of hydrogen-bond donors (Lipinski definition) is 3. The summed E-state index contributed by atoms with van der Waals surface area (Å²) >= 11 is 0. The summed E-state index contributed by atoms with van der Waals surface area (Å²) in [5.74, 6) is 0.301. The van der Waals surface area contributed by atoms with E-state index in [9.17, 15) is 4.79 Å². The van der Waals surface area contributed by atoms with Crippen molar-refractivity contribution in [2.24, 2.45) is 5.92 Å². The van der Waals surface area contributed by atoms with Gasteiger partial charge in [-0.25, -0.2) is 0 Å². The number of nitrogens with one attached hydrogen (secondary N) is 2. The summed E-state index contributed by atoms with van der Waals surface area (Å²) in [6, 6.07) is -0.0947. The van der Waals surface area contributed by atoms with Gasteiger partial charge < -0.3 is 15.7 Å². The molecule has 1 fully saturated rings. The minimum absolute atomic E-state index is 0.0832. The first-order valence-electron chi connectivity index (χ1n) is 6.02. The van der Waals surface area contributed by atoms with E-state index in [-0.39, 0.29) is 24.5 Å². The van der Waals surface area contributed by atoms with Crippen LogP contribution in [0.5, 0.6) is 0 Å². The Bertz CT molecular complexity index is 223. The van der Waals surface area contributed by atoms with Crippen molar-refractivity contribution in [3.63, 3.8) is 0 Å². The Labute approximate surface area is 97.2 Å². The van der Waals surface area contributed by atoms with Gasteiger partial charge in [-0.15, -0.1) is 0 Å². The van der Waals surface area contributed by atoms with E-state index in [4.69, 9.17) is 5.11 Å². The maximum atomic E-state index is 11.8. The van der Waals surface area contributed by atoms with Crippen molar-refractivity contribution < 1.29 is 9.90 Å². The number of nitrogens with zero attached hydrogens (tertiary/aromatic N) is 1. The van der Waals surface area contributed by atoms with Crippen molar-refractivity contribution in [3.8, 4) is 0 Å². The molecule has 1 aliphatic heterocycles. The molecule has 94 valence electrons. The topological polar surface area (TPSA) is 64.6 Å². The fourth-order valence-corrected chi connectivity index (χ4v) is 1.97. The monoisotopic (exact) mass is 229 g/mol. The Hall–Kier alpha value is -0.650. The first-order valence-corrected chi connectivity index (χ1v) is 6.02. The van der Waals surface area contributed by atoms with Gasteiger partial charge in [0.05, 0.1) is 0 Å². The number of carbonyl (C=O) groups excluding carboxylic acids is 1. The van der Waals surface area contributed by atoms with Crippen LogP contribution in [0, 0.1) is 5.92 Å². The van der Waals surface area contributed by atoms with Crippen molar-refractivity contribution in [1.29, 1.82) is 0 Å². The summed E-state index contributed by atoms with van der Waals surface area (Å²) in [5.41, 5.74) is 0. The van der Waals surface area contributed by atoms with Crippen LogP contribution < -0.4 is 10.6 Å². The second kappa shape index (κ2) is 6.83. The molecular formula is C11H23N3O2. The molecule has 5 heteroatoms. The van der Waals surface area contributed by atoms with Gasteiger partial charge in [-0.1, -0.05) is 6.92 Å². The van der Waals surface area contributed by atoms with E-state index in [0.717, 1.165) is 19.6 Å². The highest BCUT2D eigenvalue weighted by Crippen LogP contribution is 2.07. The quantitative estimate of drug-likeness (QED) is 0.567. The van der Waals surface area contributed by atoms with E-state index in [1.165, 1.54) is 0 Å². The van der Waals surface area contributed by atoms with Crippen LogP contribution in [0.2, 0.25) is 0 Å². The molecule has 1 rings (SSSR count). The number of carbonyl (C=O) groups is 1. The van der Waals surface area contributed by atoms with Gasteiger partial charge in [0.1, 0.15) is 6.04 Å². The average Bonchev–Trinajstić information content (AvgIpc) is 2.30. The Morgan fingerprint density at radius 1 is 1.69 bits per heavy atom. The second-order valence-electron chi connectivity index (χ2n) is 4.40. The first kappa shape index (κ1) is 13.4. The molecule has 2 atom stereocenters. The Morgan fingerprint density at radius 2 is 2.44 bits per heavy atom. The van der Waals surface area contributed by atoms with Gasteiger partial charge in [-0.3, -0.25) is 9.69 Å².